The zero-order chi connectivity index (χ0) is 35.8. The van der Waals surface area contributed by atoms with Gasteiger partial charge in [0.05, 0.1) is 6.42 Å². The van der Waals surface area contributed by atoms with Crippen LogP contribution in [0, 0.1) is 5.92 Å². The van der Waals surface area contributed by atoms with Crippen LogP contribution in [-0.2, 0) is 39.0 Å². The molecular formula is C39H50N4O7. The highest BCUT2D eigenvalue weighted by atomic mass is 16.6. The number of hydrogen-bond donors (Lipinski definition) is 3. The SMILES string of the molecule is CC=C(C)C(=O)OC(C)(C)C1(Cc2cc(N)ncc2CC(=O)N2CC(CNC)C2)Cc2cc3cc(C4(CCO)CCCC4)c(=O)oc3cc2O1. The molecule has 2 aromatic heterocycles. The van der Waals surface area contributed by atoms with Gasteiger partial charge < -0.3 is 34.9 Å². The normalized spacial score (nSPS) is 20.4. The lowest BCUT2D eigenvalue weighted by molar-refractivity contribution is -0.174. The van der Waals surface area contributed by atoms with Crippen molar-refractivity contribution < 1.29 is 28.6 Å². The molecule has 1 unspecified atom stereocenters. The monoisotopic (exact) mass is 686 g/mol. The van der Waals surface area contributed by atoms with Gasteiger partial charge in [0.2, 0.25) is 5.91 Å². The number of amides is 1. The molecule has 0 bridgehead atoms. The summed E-state index contributed by atoms with van der Waals surface area (Å²) in [5.74, 6) is 0.835. The van der Waals surface area contributed by atoms with Crippen LogP contribution in [0.25, 0.3) is 11.0 Å². The first kappa shape index (κ1) is 35.6. The summed E-state index contributed by atoms with van der Waals surface area (Å²) in [5.41, 5.74) is 7.02. The molecule has 1 atom stereocenters. The number of benzene rings is 1. The maximum absolute atomic E-state index is 13.4. The summed E-state index contributed by atoms with van der Waals surface area (Å²) in [4.78, 5) is 46.2. The predicted molar refractivity (Wildman–Crippen MR) is 191 cm³/mol. The molecule has 4 heterocycles. The third-order valence-corrected chi connectivity index (χ3v) is 11.3. The van der Waals surface area contributed by atoms with E-state index in [2.05, 4.69) is 10.3 Å². The predicted octanol–water partition coefficient (Wildman–Crippen LogP) is 4.39. The van der Waals surface area contributed by atoms with Gasteiger partial charge in [-0.2, -0.15) is 0 Å². The number of aliphatic hydroxyl groups excluding tert-OH is 1. The van der Waals surface area contributed by atoms with Crippen LogP contribution in [0.4, 0.5) is 5.82 Å². The number of fused-ring (bicyclic) bond motifs is 2. The van der Waals surface area contributed by atoms with Crippen molar-refractivity contribution in [3.63, 3.8) is 0 Å². The first-order chi connectivity index (χ1) is 23.8. The second-order valence-corrected chi connectivity index (χ2v) is 15.0. The number of aromatic nitrogens is 1. The van der Waals surface area contributed by atoms with E-state index in [1.807, 2.05) is 37.9 Å². The molecule has 4 N–H and O–H groups in total. The number of carbonyl (C=O) groups excluding carboxylic acids is 2. The second kappa shape index (κ2) is 13.8. The van der Waals surface area contributed by atoms with E-state index in [9.17, 15) is 19.5 Å². The summed E-state index contributed by atoms with van der Waals surface area (Å²) in [5, 5.41) is 13.8. The Hall–Kier alpha value is -4.22. The minimum Gasteiger partial charge on any atom is -0.482 e. The highest BCUT2D eigenvalue weighted by Crippen LogP contribution is 2.48. The van der Waals surface area contributed by atoms with Crippen molar-refractivity contribution in [1.29, 1.82) is 0 Å². The molecule has 2 aliphatic heterocycles. The van der Waals surface area contributed by atoms with Gasteiger partial charge in [0, 0.05) is 79.2 Å². The van der Waals surface area contributed by atoms with Crippen LogP contribution in [0.15, 0.2) is 51.3 Å². The summed E-state index contributed by atoms with van der Waals surface area (Å²) in [7, 11) is 1.91. The van der Waals surface area contributed by atoms with Gasteiger partial charge in [0.25, 0.3) is 0 Å². The molecule has 0 spiro atoms. The van der Waals surface area contributed by atoms with Crippen LogP contribution < -0.4 is 21.4 Å². The van der Waals surface area contributed by atoms with Crippen LogP contribution in [0.3, 0.4) is 0 Å². The van der Waals surface area contributed by atoms with Crippen LogP contribution in [0.1, 0.15) is 82.1 Å². The average Bonchev–Trinajstić information content (AvgIpc) is 3.67. The lowest BCUT2D eigenvalue weighted by Gasteiger charge is -2.43. The summed E-state index contributed by atoms with van der Waals surface area (Å²) in [6, 6.07) is 7.44. The number of ether oxygens (including phenoxy) is 2. The first-order valence-corrected chi connectivity index (χ1v) is 17.8. The number of anilines is 1. The van der Waals surface area contributed by atoms with Gasteiger partial charge >= 0.3 is 11.6 Å². The molecule has 3 aromatic rings. The van der Waals surface area contributed by atoms with Gasteiger partial charge in [-0.15, -0.1) is 0 Å². The van der Waals surface area contributed by atoms with E-state index in [0.717, 1.165) is 54.3 Å². The molecule has 11 heteroatoms. The highest BCUT2D eigenvalue weighted by Gasteiger charge is 2.54. The number of nitrogen functional groups attached to an aromatic ring is 1. The van der Waals surface area contributed by atoms with Crippen molar-refractivity contribution in [2.45, 2.75) is 95.7 Å². The Kier molecular flexibility index (Phi) is 9.85. The molecule has 1 amide bonds. The third-order valence-electron chi connectivity index (χ3n) is 11.3. The van der Waals surface area contributed by atoms with Crippen molar-refractivity contribution in [1.82, 2.24) is 15.2 Å². The lowest BCUT2D eigenvalue weighted by Crippen LogP contribution is -2.58. The minimum atomic E-state index is -1.17. The molecule has 0 radical (unpaired) electrons. The fraction of sp³-hybridized carbons (Fsp3) is 0.538. The van der Waals surface area contributed by atoms with Crippen LogP contribution >= 0.6 is 0 Å². The number of pyridine rings is 1. The third kappa shape index (κ3) is 6.65. The number of esters is 1. The Labute approximate surface area is 293 Å². The largest absolute Gasteiger partial charge is 0.482 e. The maximum atomic E-state index is 13.4. The molecule has 3 aliphatic rings. The van der Waals surface area contributed by atoms with E-state index in [0.29, 0.717) is 60.1 Å². The number of hydrogen-bond acceptors (Lipinski definition) is 10. The molecular weight excluding hydrogens is 636 g/mol. The zero-order valence-electron chi connectivity index (χ0n) is 29.9. The number of nitrogens with two attached hydrogens (primary N) is 1. The summed E-state index contributed by atoms with van der Waals surface area (Å²) < 4.78 is 19.0. The molecule has 6 rings (SSSR count). The molecule has 1 aliphatic carbocycles. The lowest BCUT2D eigenvalue weighted by atomic mass is 9.76. The minimum absolute atomic E-state index is 0.000510. The molecule has 2 fully saturated rings. The van der Waals surface area contributed by atoms with E-state index in [-0.39, 0.29) is 25.4 Å². The van der Waals surface area contributed by atoms with Gasteiger partial charge in [-0.1, -0.05) is 18.9 Å². The van der Waals surface area contributed by atoms with Gasteiger partial charge in [-0.05, 0) is 88.9 Å². The number of rotatable bonds is 12. The molecule has 1 saturated heterocycles. The van der Waals surface area contributed by atoms with Crippen molar-refractivity contribution in [3.8, 4) is 5.75 Å². The standard InChI is InChI=1S/C39H50N4O7/c1-6-24(2)35(46)50-37(3,4)39(18-27-15-33(40)42-21-29(27)16-34(45)43-22-25(23-43)20-41-5)19-28-13-26-14-30(38(11-12-44)9-7-8-10-38)36(47)48-31(26)17-32(28)49-39/h6,13-15,17,21,25,41,44H,7-12,16,18-20,22-23H2,1-5H3,(H2,40,42). The molecule has 1 saturated carbocycles. The number of nitrogens with zero attached hydrogens (tertiary/aromatic N) is 2. The quantitative estimate of drug-likeness (QED) is 0.142. The van der Waals surface area contributed by atoms with Crippen molar-refractivity contribution >= 4 is 28.7 Å². The first-order valence-electron chi connectivity index (χ1n) is 17.8. The smallest absolute Gasteiger partial charge is 0.340 e. The Morgan fingerprint density at radius 2 is 1.92 bits per heavy atom. The van der Waals surface area contributed by atoms with E-state index >= 15 is 0 Å². The number of aliphatic hydroxyl groups is 1. The topological polar surface area (TPSA) is 157 Å². The van der Waals surface area contributed by atoms with Crippen molar-refractivity contribution in [2.24, 2.45) is 5.92 Å². The Morgan fingerprint density at radius 3 is 2.60 bits per heavy atom. The summed E-state index contributed by atoms with van der Waals surface area (Å²) in [6.07, 6.45) is 8.34. The second-order valence-electron chi connectivity index (χ2n) is 15.0. The van der Waals surface area contributed by atoms with E-state index in [1.54, 1.807) is 38.3 Å². The average molecular weight is 687 g/mol. The van der Waals surface area contributed by atoms with Crippen molar-refractivity contribution in [2.75, 3.05) is 39.0 Å². The van der Waals surface area contributed by atoms with Crippen LogP contribution in [-0.4, -0.2) is 71.4 Å². The molecule has 268 valence electrons. The highest BCUT2D eigenvalue weighted by molar-refractivity contribution is 5.88. The Balaban J connectivity index is 1.38. The Bertz CT molecular complexity index is 1870. The van der Waals surface area contributed by atoms with Crippen LogP contribution in [0.5, 0.6) is 5.75 Å². The molecule has 50 heavy (non-hydrogen) atoms. The summed E-state index contributed by atoms with van der Waals surface area (Å²) in [6.45, 7) is 9.46. The van der Waals surface area contributed by atoms with Gasteiger partial charge in [0.15, 0.2) is 5.60 Å². The number of carbonyl (C=O) groups is 2. The maximum Gasteiger partial charge on any atom is 0.340 e. The van der Waals surface area contributed by atoms with E-state index < -0.39 is 28.2 Å². The number of likely N-dealkylation sites (tertiary alicyclic amines) is 1. The van der Waals surface area contributed by atoms with Gasteiger partial charge in [-0.25, -0.2) is 14.6 Å². The van der Waals surface area contributed by atoms with E-state index in [4.69, 9.17) is 19.6 Å². The Morgan fingerprint density at radius 1 is 1.18 bits per heavy atom. The fourth-order valence-electron chi connectivity index (χ4n) is 8.08. The van der Waals surface area contributed by atoms with E-state index in [1.165, 1.54) is 0 Å². The molecule has 11 nitrogen and oxygen atoms in total. The van der Waals surface area contributed by atoms with Gasteiger partial charge in [0.1, 0.15) is 22.8 Å². The molecule has 1 aromatic carbocycles. The fourth-order valence-corrected chi connectivity index (χ4v) is 8.08. The van der Waals surface area contributed by atoms with Crippen molar-refractivity contribution in [3.05, 3.63) is 74.8 Å². The summed E-state index contributed by atoms with van der Waals surface area (Å²) >= 11 is 0. The zero-order valence-corrected chi connectivity index (χ0v) is 29.9. The number of nitrogens with one attached hydrogen (secondary N) is 1. The number of allylic oxidation sites excluding steroid dienone is 1. The van der Waals surface area contributed by atoms with Gasteiger partial charge in [-0.3, -0.25) is 4.79 Å². The van der Waals surface area contributed by atoms with Crippen LogP contribution in [0.2, 0.25) is 0 Å².